The van der Waals surface area contributed by atoms with Crippen molar-refractivity contribution in [3.63, 3.8) is 0 Å². The highest BCUT2D eigenvalue weighted by atomic mass is 35.5. The van der Waals surface area contributed by atoms with E-state index in [1.807, 2.05) is 42.5 Å². The maximum Gasteiger partial charge on any atom is 0.259 e. The van der Waals surface area contributed by atoms with Gasteiger partial charge in [-0.05, 0) is 48.9 Å². The summed E-state index contributed by atoms with van der Waals surface area (Å²) in [7, 11) is 0. The third kappa shape index (κ3) is 3.76. The first kappa shape index (κ1) is 19.2. The highest BCUT2D eigenvalue weighted by Gasteiger charge is 2.31. The Kier molecular flexibility index (Phi) is 5.36. The summed E-state index contributed by atoms with van der Waals surface area (Å²) < 4.78 is 14.2. The first-order valence-corrected chi connectivity index (χ1v) is 9.78. The number of allylic oxidation sites excluding steroid dienone is 4. The maximum atomic E-state index is 14.2. The number of benzene rings is 2. The van der Waals surface area contributed by atoms with Gasteiger partial charge in [-0.15, -0.1) is 0 Å². The van der Waals surface area contributed by atoms with Gasteiger partial charge >= 0.3 is 0 Å². The van der Waals surface area contributed by atoms with Crippen LogP contribution in [0.4, 0.5) is 10.1 Å². The van der Waals surface area contributed by atoms with Gasteiger partial charge in [-0.2, -0.15) is 0 Å². The lowest BCUT2D eigenvalue weighted by molar-refractivity contribution is 0.0983. The van der Waals surface area contributed by atoms with Crippen LogP contribution in [0.3, 0.4) is 0 Å². The van der Waals surface area contributed by atoms with Crippen molar-refractivity contribution in [1.29, 1.82) is 0 Å². The molecule has 1 aliphatic heterocycles. The number of amides is 1. The Morgan fingerprint density at radius 1 is 1.17 bits per heavy atom. The van der Waals surface area contributed by atoms with Crippen molar-refractivity contribution in [3.05, 3.63) is 112 Å². The number of carbonyl (C=O) groups is 1. The molecule has 1 unspecified atom stereocenters. The van der Waals surface area contributed by atoms with Crippen LogP contribution in [0.5, 0.6) is 0 Å². The van der Waals surface area contributed by atoms with Crippen molar-refractivity contribution in [3.8, 4) is 0 Å². The Morgan fingerprint density at radius 3 is 2.83 bits per heavy atom. The third-order valence-corrected chi connectivity index (χ3v) is 5.32. The molecule has 146 valence electrons. The predicted octanol–water partition coefficient (Wildman–Crippen LogP) is 5.34. The third-order valence-electron chi connectivity index (χ3n) is 5.09. The van der Waals surface area contributed by atoms with Gasteiger partial charge in [-0.1, -0.05) is 54.1 Å². The largest absolute Gasteiger partial charge is 0.381 e. The Hall–Kier alpha value is -3.11. The fourth-order valence-corrected chi connectivity index (χ4v) is 3.78. The number of halogens is 2. The van der Waals surface area contributed by atoms with Gasteiger partial charge in [-0.25, -0.2) is 4.39 Å². The van der Waals surface area contributed by atoms with E-state index >= 15 is 0 Å². The van der Waals surface area contributed by atoms with Gasteiger partial charge in [0.1, 0.15) is 5.82 Å². The molecule has 0 radical (unpaired) electrons. The fourth-order valence-electron chi connectivity index (χ4n) is 3.60. The van der Waals surface area contributed by atoms with Crippen LogP contribution >= 0.6 is 11.6 Å². The van der Waals surface area contributed by atoms with Crippen molar-refractivity contribution in [1.82, 2.24) is 5.32 Å². The molecular formula is C24H20ClFN2O. The molecule has 0 bridgehead atoms. The Bertz CT molecular complexity index is 1080. The number of fused-ring (bicyclic) bond motifs is 1. The lowest BCUT2D eigenvalue weighted by Gasteiger charge is -2.34. The van der Waals surface area contributed by atoms with Gasteiger partial charge in [-0.3, -0.25) is 9.69 Å². The highest BCUT2D eigenvalue weighted by Crippen LogP contribution is 2.32. The monoisotopic (exact) mass is 406 g/mol. The van der Waals surface area contributed by atoms with Crippen LogP contribution in [-0.2, 0) is 0 Å². The number of anilines is 1. The van der Waals surface area contributed by atoms with Crippen LogP contribution < -0.4 is 10.2 Å². The van der Waals surface area contributed by atoms with Crippen molar-refractivity contribution >= 4 is 23.2 Å². The predicted molar refractivity (Wildman–Crippen MR) is 116 cm³/mol. The molecule has 1 amide bonds. The standard InChI is InChI=1S/C24H20ClFN2O/c1-16-19(10-5-11-21(16)26)24(29)28(18-8-4-7-17(25)15-18)23-13-6-12-22-20(23)9-2-3-14-27-22/h2-13,15,23,27H,14H2,1H3. The quantitative estimate of drug-likeness (QED) is 0.745. The molecule has 1 heterocycles. The molecule has 0 saturated heterocycles. The minimum Gasteiger partial charge on any atom is -0.381 e. The molecule has 1 atom stereocenters. The molecule has 0 fully saturated rings. The molecule has 4 rings (SSSR count). The van der Waals surface area contributed by atoms with Crippen LogP contribution in [0.1, 0.15) is 15.9 Å². The number of hydrogen-bond acceptors (Lipinski definition) is 2. The van der Waals surface area contributed by atoms with Crippen LogP contribution in [0.15, 0.2) is 90.2 Å². The zero-order valence-electron chi connectivity index (χ0n) is 15.9. The van der Waals surface area contributed by atoms with E-state index < -0.39 is 5.82 Å². The molecule has 3 nitrogen and oxygen atoms in total. The second kappa shape index (κ2) is 8.10. The van der Waals surface area contributed by atoms with E-state index in [0.29, 0.717) is 28.4 Å². The lowest BCUT2D eigenvalue weighted by Crippen LogP contribution is -2.43. The van der Waals surface area contributed by atoms with Crippen LogP contribution in [-0.4, -0.2) is 18.5 Å². The Balaban J connectivity index is 1.85. The summed E-state index contributed by atoms with van der Waals surface area (Å²) >= 11 is 6.23. The number of nitrogens with one attached hydrogen (secondary N) is 1. The average Bonchev–Trinajstić information content (AvgIpc) is 2.96. The van der Waals surface area contributed by atoms with Crippen molar-refractivity contribution in [2.24, 2.45) is 0 Å². The van der Waals surface area contributed by atoms with Crippen molar-refractivity contribution in [2.45, 2.75) is 13.0 Å². The number of hydrogen-bond donors (Lipinski definition) is 1. The highest BCUT2D eigenvalue weighted by molar-refractivity contribution is 6.31. The second-order valence-corrected chi connectivity index (χ2v) is 7.34. The van der Waals surface area contributed by atoms with E-state index in [2.05, 4.69) is 5.32 Å². The zero-order valence-corrected chi connectivity index (χ0v) is 16.7. The van der Waals surface area contributed by atoms with Crippen molar-refractivity contribution in [2.75, 3.05) is 11.4 Å². The molecule has 2 aromatic rings. The number of rotatable bonds is 3. The second-order valence-electron chi connectivity index (χ2n) is 6.91. The first-order valence-electron chi connectivity index (χ1n) is 9.40. The smallest absolute Gasteiger partial charge is 0.259 e. The summed E-state index contributed by atoms with van der Waals surface area (Å²) in [6.45, 7) is 2.33. The normalized spacial score (nSPS) is 17.6. The van der Waals surface area contributed by atoms with Gasteiger partial charge in [0, 0.05) is 34.1 Å². The summed E-state index contributed by atoms with van der Waals surface area (Å²) in [5, 5.41) is 3.89. The SMILES string of the molecule is Cc1c(F)cccc1C(=O)N(c1cccc(Cl)c1)C1C=CC=C2NCC=CC=C21. The van der Waals surface area contributed by atoms with Gasteiger partial charge in [0.05, 0.1) is 6.04 Å². The molecule has 0 saturated carbocycles. The molecule has 0 spiro atoms. The zero-order chi connectivity index (χ0) is 20.4. The van der Waals surface area contributed by atoms with Crippen LogP contribution in [0.2, 0.25) is 5.02 Å². The van der Waals surface area contributed by atoms with E-state index in [1.54, 1.807) is 42.2 Å². The van der Waals surface area contributed by atoms with Gasteiger partial charge < -0.3 is 5.32 Å². The van der Waals surface area contributed by atoms with E-state index in [4.69, 9.17) is 11.6 Å². The van der Waals surface area contributed by atoms with Gasteiger partial charge in [0.25, 0.3) is 5.91 Å². The molecular weight excluding hydrogens is 387 g/mol. The summed E-state index contributed by atoms with van der Waals surface area (Å²) in [5.41, 5.74) is 3.22. The molecule has 5 heteroatoms. The first-order chi connectivity index (χ1) is 14.1. The number of carbonyl (C=O) groups excluding carboxylic acids is 1. The lowest BCUT2D eigenvalue weighted by atomic mass is 9.94. The molecule has 1 N–H and O–H groups in total. The summed E-state index contributed by atoms with van der Waals surface area (Å²) in [6, 6.07) is 11.4. The summed E-state index contributed by atoms with van der Waals surface area (Å²) in [5.74, 6) is -0.686. The van der Waals surface area contributed by atoms with Gasteiger partial charge in [0.15, 0.2) is 0 Å². The topological polar surface area (TPSA) is 32.3 Å². The molecule has 0 aromatic heterocycles. The molecule has 2 aliphatic rings. The van der Waals surface area contributed by atoms with E-state index in [0.717, 1.165) is 11.3 Å². The van der Waals surface area contributed by atoms with E-state index in [-0.39, 0.29) is 11.9 Å². The molecule has 2 aromatic carbocycles. The molecule has 1 aliphatic carbocycles. The summed E-state index contributed by atoms with van der Waals surface area (Å²) in [6.07, 6.45) is 11.9. The fraction of sp³-hybridized carbons (Fsp3) is 0.125. The Morgan fingerprint density at radius 2 is 2.00 bits per heavy atom. The van der Waals surface area contributed by atoms with E-state index in [9.17, 15) is 9.18 Å². The maximum absolute atomic E-state index is 14.2. The van der Waals surface area contributed by atoms with Crippen LogP contribution in [0.25, 0.3) is 0 Å². The average molecular weight is 407 g/mol. The Labute approximate surface area is 174 Å². The van der Waals surface area contributed by atoms with Crippen LogP contribution in [0, 0.1) is 12.7 Å². The summed E-state index contributed by atoms with van der Waals surface area (Å²) in [4.78, 5) is 15.4. The van der Waals surface area contributed by atoms with E-state index in [1.165, 1.54) is 6.07 Å². The number of nitrogens with zero attached hydrogens (tertiary/aromatic N) is 1. The van der Waals surface area contributed by atoms with Crippen molar-refractivity contribution < 1.29 is 9.18 Å². The molecule has 29 heavy (non-hydrogen) atoms. The minimum absolute atomic E-state index is 0.283. The minimum atomic E-state index is -0.403. The van der Waals surface area contributed by atoms with Gasteiger partial charge in [0.2, 0.25) is 0 Å².